The molecular weight excluding hydrogens is 308 g/mol. The molecule has 0 bridgehead atoms. The van der Waals surface area contributed by atoms with Gasteiger partial charge in [0.2, 0.25) is 0 Å². The van der Waals surface area contributed by atoms with Gasteiger partial charge in [-0.25, -0.2) is 0 Å². The molecule has 5 nitrogen and oxygen atoms in total. The van der Waals surface area contributed by atoms with Crippen LogP contribution < -0.4 is 0 Å². The third-order valence-electron chi connectivity index (χ3n) is 1.37. The highest BCUT2D eigenvalue weighted by Crippen LogP contribution is 1.81. The second-order valence-electron chi connectivity index (χ2n) is 2.59. The SMILES string of the molecule is C=O.S=c1cc[nH]c(=S)[nH]1.S=c1cc[nH]c(=S)[nH]1. The summed E-state index contributed by atoms with van der Waals surface area (Å²) in [6.45, 7) is 2.00. The third kappa shape index (κ3) is 7.90. The summed E-state index contributed by atoms with van der Waals surface area (Å²) in [4.78, 5) is 19.0. The minimum atomic E-state index is 0.567. The van der Waals surface area contributed by atoms with Crippen LogP contribution in [0.15, 0.2) is 24.5 Å². The van der Waals surface area contributed by atoms with Gasteiger partial charge in [0.1, 0.15) is 16.1 Å². The highest BCUT2D eigenvalue weighted by atomic mass is 32.1. The van der Waals surface area contributed by atoms with Gasteiger partial charge in [-0.1, -0.05) is 24.4 Å². The quantitative estimate of drug-likeness (QED) is 0.560. The topological polar surface area (TPSA) is 80.2 Å². The molecule has 0 atom stereocenters. The van der Waals surface area contributed by atoms with Crippen LogP contribution in [-0.4, -0.2) is 26.7 Å². The Hall–Kier alpha value is -1.29. The maximum absolute atomic E-state index is 8.00. The molecular formula is C9H10N4OS4. The summed E-state index contributed by atoms with van der Waals surface area (Å²) in [5.41, 5.74) is 0. The number of H-pyrrole nitrogens is 4. The highest BCUT2D eigenvalue weighted by molar-refractivity contribution is 7.72. The average molecular weight is 318 g/mol. The zero-order valence-corrected chi connectivity index (χ0v) is 12.3. The van der Waals surface area contributed by atoms with E-state index in [-0.39, 0.29) is 0 Å². The Labute approximate surface area is 123 Å². The van der Waals surface area contributed by atoms with Crippen LogP contribution in [0.3, 0.4) is 0 Å². The van der Waals surface area contributed by atoms with Gasteiger partial charge in [-0.3, -0.25) is 0 Å². The molecule has 2 aromatic rings. The van der Waals surface area contributed by atoms with Crippen molar-refractivity contribution in [1.82, 2.24) is 19.9 Å². The largest absolute Gasteiger partial charge is 0.339 e. The first-order valence-corrected chi connectivity index (χ1v) is 6.06. The maximum Gasteiger partial charge on any atom is 0.175 e. The lowest BCUT2D eigenvalue weighted by atomic mass is 10.7. The second kappa shape index (κ2) is 9.71. The van der Waals surface area contributed by atoms with E-state index in [0.717, 1.165) is 0 Å². The van der Waals surface area contributed by atoms with E-state index in [1.807, 2.05) is 6.79 Å². The van der Waals surface area contributed by atoms with Crippen molar-refractivity contribution in [2.75, 3.05) is 0 Å². The van der Waals surface area contributed by atoms with E-state index in [1.165, 1.54) is 0 Å². The molecule has 2 aromatic heterocycles. The first kappa shape index (κ1) is 16.7. The molecule has 0 radical (unpaired) electrons. The first-order valence-electron chi connectivity index (χ1n) is 4.43. The van der Waals surface area contributed by atoms with E-state index in [1.54, 1.807) is 24.5 Å². The first-order chi connectivity index (χ1) is 8.58. The number of nitrogens with one attached hydrogen (secondary N) is 4. The Balaban J connectivity index is 0.000000283. The van der Waals surface area contributed by atoms with Crippen molar-refractivity contribution in [2.24, 2.45) is 0 Å². The van der Waals surface area contributed by atoms with E-state index >= 15 is 0 Å². The van der Waals surface area contributed by atoms with Crippen LogP contribution >= 0.6 is 48.9 Å². The number of hydrogen-bond donors (Lipinski definition) is 4. The fourth-order valence-electron chi connectivity index (χ4n) is 0.765. The number of hydrogen-bond acceptors (Lipinski definition) is 5. The second-order valence-corrected chi connectivity index (χ2v) is 4.29. The lowest BCUT2D eigenvalue weighted by Gasteiger charge is -1.80. The van der Waals surface area contributed by atoms with Crippen molar-refractivity contribution < 1.29 is 4.79 Å². The van der Waals surface area contributed by atoms with Crippen LogP contribution in [0.5, 0.6) is 0 Å². The summed E-state index contributed by atoms with van der Waals surface area (Å²) in [5.74, 6) is 0. The zero-order chi connectivity index (χ0) is 14.0. The summed E-state index contributed by atoms with van der Waals surface area (Å²) in [7, 11) is 0. The van der Waals surface area contributed by atoms with E-state index < -0.39 is 0 Å². The molecule has 0 aromatic carbocycles. The molecule has 0 fully saturated rings. The van der Waals surface area contributed by atoms with Gasteiger partial charge in [-0.05, 0) is 36.6 Å². The van der Waals surface area contributed by atoms with E-state index in [4.69, 9.17) is 53.7 Å². The van der Waals surface area contributed by atoms with Crippen LogP contribution in [0.1, 0.15) is 0 Å². The summed E-state index contributed by atoms with van der Waals surface area (Å²) in [6, 6.07) is 3.48. The van der Waals surface area contributed by atoms with Gasteiger partial charge < -0.3 is 24.7 Å². The molecule has 0 saturated carbocycles. The van der Waals surface area contributed by atoms with Crippen molar-refractivity contribution in [3.05, 3.63) is 43.3 Å². The van der Waals surface area contributed by atoms with E-state index in [2.05, 4.69) is 19.9 Å². The maximum atomic E-state index is 8.00. The fraction of sp³-hybridized carbons (Fsp3) is 0. The number of rotatable bonds is 0. The summed E-state index contributed by atoms with van der Waals surface area (Å²) in [5, 5.41) is 0. The monoisotopic (exact) mass is 318 g/mol. The Morgan fingerprint density at radius 3 is 1.28 bits per heavy atom. The number of aromatic amines is 4. The van der Waals surface area contributed by atoms with Crippen LogP contribution in [-0.2, 0) is 4.79 Å². The minimum absolute atomic E-state index is 0.567. The van der Waals surface area contributed by atoms with Crippen LogP contribution in [0, 0.1) is 18.8 Å². The van der Waals surface area contributed by atoms with Gasteiger partial charge >= 0.3 is 0 Å². The lowest BCUT2D eigenvalue weighted by Crippen LogP contribution is -1.76. The Kier molecular flexibility index (Phi) is 9.01. The molecule has 4 N–H and O–H groups in total. The minimum Gasteiger partial charge on any atom is -0.339 e. The van der Waals surface area contributed by atoms with Crippen molar-refractivity contribution in [2.45, 2.75) is 0 Å². The van der Waals surface area contributed by atoms with Crippen molar-refractivity contribution in [3.8, 4) is 0 Å². The molecule has 0 saturated heterocycles. The van der Waals surface area contributed by atoms with Crippen molar-refractivity contribution >= 4 is 55.7 Å². The third-order valence-corrected chi connectivity index (χ3v) is 2.29. The summed E-state index contributed by atoms with van der Waals surface area (Å²) >= 11 is 19.0. The van der Waals surface area contributed by atoms with Crippen LogP contribution in [0.25, 0.3) is 0 Å². The molecule has 0 amide bonds. The molecule has 0 aliphatic heterocycles. The normalized spacial score (nSPS) is 8.22. The number of aromatic nitrogens is 4. The fourth-order valence-corrected chi connectivity index (χ4v) is 1.59. The smallest absolute Gasteiger partial charge is 0.175 e. The molecule has 0 spiro atoms. The van der Waals surface area contributed by atoms with Gasteiger partial charge in [0.25, 0.3) is 0 Å². The van der Waals surface area contributed by atoms with Gasteiger partial charge in [0, 0.05) is 12.4 Å². The van der Waals surface area contributed by atoms with Crippen LogP contribution in [0.2, 0.25) is 0 Å². The molecule has 0 aliphatic rings. The van der Waals surface area contributed by atoms with Crippen molar-refractivity contribution in [1.29, 1.82) is 0 Å². The van der Waals surface area contributed by atoms with Crippen molar-refractivity contribution in [3.63, 3.8) is 0 Å². The number of carbonyl (C=O) groups excluding carboxylic acids is 1. The van der Waals surface area contributed by atoms with Gasteiger partial charge in [0.15, 0.2) is 9.54 Å². The molecule has 0 unspecified atom stereocenters. The molecule has 18 heavy (non-hydrogen) atoms. The van der Waals surface area contributed by atoms with Gasteiger partial charge in [-0.2, -0.15) is 0 Å². The molecule has 2 heterocycles. The van der Waals surface area contributed by atoms with E-state index in [0.29, 0.717) is 18.8 Å². The Morgan fingerprint density at radius 1 is 0.778 bits per heavy atom. The predicted octanol–water partition coefficient (Wildman–Crippen LogP) is 3.42. The molecule has 0 aliphatic carbocycles. The molecule has 96 valence electrons. The lowest BCUT2D eigenvalue weighted by molar-refractivity contribution is -0.0979. The standard InChI is InChI=1S/2C4H4N2S2.CH2O/c2*7-3-1-2-5-4(8)6-3;1-2/h2*1-2H,(H2,5,6,7,8);1H2. The molecule has 2 rings (SSSR count). The Morgan fingerprint density at radius 2 is 1.11 bits per heavy atom. The highest BCUT2D eigenvalue weighted by Gasteiger charge is 1.71. The Bertz CT molecular complexity index is 573. The van der Waals surface area contributed by atoms with Gasteiger partial charge in [-0.15, -0.1) is 0 Å². The zero-order valence-electron chi connectivity index (χ0n) is 9.06. The summed E-state index contributed by atoms with van der Waals surface area (Å²) in [6.07, 6.45) is 3.42. The summed E-state index contributed by atoms with van der Waals surface area (Å²) < 4.78 is 2.46. The number of carbonyl (C=O) groups is 1. The predicted molar refractivity (Wildman–Crippen MR) is 80.7 cm³/mol. The average Bonchev–Trinajstić information content (AvgIpc) is 2.31. The van der Waals surface area contributed by atoms with E-state index in [9.17, 15) is 0 Å². The van der Waals surface area contributed by atoms with Crippen LogP contribution in [0.4, 0.5) is 0 Å². The van der Waals surface area contributed by atoms with Gasteiger partial charge in [0.05, 0.1) is 0 Å². The molecule has 9 heteroatoms.